The lowest BCUT2D eigenvalue weighted by molar-refractivity contribution is 0.293. The van der Waals surface area contributed by atoms with E-state index in [1.165, 1.54) is 0 Å². The minimum atomic E-state index is 0.897. The van der Waals surface area contributed by atoms with Gasteiger partial charge in [-0.05, 0) is 50.3 Å². The van der Waals surface area contributed by atoms with Gasteiger partial charge >= 0.3 is 0 Å². The van der Waals surface area contributed by atoms with E-state index >= 15 is 0 Å². The minimum absolute atomic E-state index is 0.897. The van der Waals surface area contributed by atoms with E-state index in [-0.39, 0.29) is 0 Å². The molecule has 0 aliphatic carbocycles. The highest BCUT2D eigenvalue weighted by Crippen LogP contribution is 2.21. The van der Waals surface area contributed by atoms with E-state index in [4.69, 9.17) is 9.41 Å². The van der Waals surface area contributed by atoms with Crippen molar-refractivity contribution < 1.29 is 4.42 Å². The van der Waals surface area contributed by atoms with Crippen LogP contribution in [0, 0.1) is 0 Å². The molecular formula is C20H25N3OS. The van der Waals surface area contributed by atoms with Crippen molar-refractivity contribution in [1.82, 2.24) is 9.47 Å². The zero-order chi connectivity index (χ0) is 17.5. The summed E-state index contributed by atoms with van der Waals surface area (Å²) in [5.41, 5.74) is 2.08. The Bertz CT molecular complexity index is 814. The predicted octanol–water partition coefficient (Wildman–Crippen LogP) is 4.77. The summed E-state index contributed by atoms with van der Waals surface area (Å²) in [6, 6.07) is 14.1. The van der Waals surface area contributed by atoms with E-state index in [1.54, 1.807) is 17.6 Å². The summed E-state index contributed by atoms with van der Waals surface area (Å²) in [6.07, 6.45) is 2.81. The van der Waals surface area contributed by atoms with Crippen LogP contribution in [0.3, 0.4) is 0 Å². The van der Waals surface area contributed by atoms with Gasteiger partial charge < -0.3 is 13.9 Å². The van der Waals surface area contributed by atoms with Crippen LogP contribution >= 0.6 is 11.3 Å². The van der Waals surface area contributed by atoms with Crippen molar-refractivity contribution in [1.29, 1.82) is 0 Å². The van der Waals surface area contributed by atoms with E-state index in [0.29, 0.717) is 0 Å². The Morgan fingerprint density at radius 3 is 2.56 bits per heavy atom. The average Bonchev–Trinajstić information content (AvgIpc) is 3.30. The molecule has 132 valence electrons. The minimum Gasteiger partial charge on any atom is -0.463 e. The van der Waals surface area contributed by atoms with Gasteiger partial charge in [-0.1, -0.05) is 32.0 Å². The molecule has 3 aromatic rings. The van der Waals surface area contributed by atoms with Crippen LogP contribution in [0.25, 0.3) is 11.5 Å². The first-order valence-electron chi connectivity index (χ1n) is 8.86. The number of furan rings is 1. The summed E-state index contributed by atoms with van der Waals surface area (Å²) >= 11 is 1.66. The van der Waals surface area contributed by atoms with Gasteiger partial charge in [0.05, 0.1) is 17.6 Å². The molecule has 0 unspecified atom stereocenters. The van der Waals surface area contributed by atoms with Crippen molar-refractivity contribution in [2.75, 3.05) is 19.6 Å². The van der Waals surface area contributed by atoms with E-state index in [0.717, 1.165) is 54.5 Å². The van der Waals surface area contributed by atoms with Crippen LogP contribution in [0.1, 0.15) is 20.3 Å². The number of hydrogen-bond acceptors (Lipinski definition) is 4. The largest absolute Gasteiger partial charge is 0.463 e. The van der Waals surface area contributed by atoms with E-state index in [1.807, 2.05) is 42.5 Å². The molecule has 1 aromatic carbocycles. The van der Waals surface area contributed by atoms with Crippen LogP contribution < -0.4 is 4.80 Å². The maximum atomic E-state index is 5.63. The molecule has 0 atom stereocenters. The normalized spacial score (nSPS) is 12.2. The number of thiazole rings is 1. The van der Waals surface area contributed by atoms with Crippen molar-refractivity contribution in [3.63, 3.8) is 0 Å². The monoisotopic (exact) mass is 355 g/mol. The molecule has 5 heteroatoms. The number of hydrogen-bond donors (Lipinski definition) is 0. The SMILES string of the molecule is CCN(CC)CCCn1c(-c2ccco2)csc1=Nc1ccccc1. The highest BCUT2D eigenvalue weighted by molar-refractivity contribution is 7.07. The maximum absolute atomic E-state index is 5.63. The van der Waals surface area contributed by atoms with Gasteiger partial charge in [0, 0.05) is 11.9 Å². The molecule has 0 amide bonds. The molecule has 0 aliphatic heterocycles. The third kappa shape index (κ3) is 4.50. The first-order chi connectivity index (χ1) is 12.3. The van der Waals surface area contributed by atoms with Crippen LogP contribution in [0.4, 0.5) is 5.69 Å². The summed E-state index contributed by atoms with van der Waals surface area (Å²) in [6.45, 7) is 8.64. The number of benzene rings is 1. The molecule has 0 aliphatic rings. The Balaban J connectivity index is 1.89. The zero-order valence-corrected chi connectivity index (χ0v) is 15.7. The molecule has 0 bridgehead atoms. The Kier molecular flexibility index (Phi) is 6.25. The Labute approximate surface area is 153 Å². The van der Waals surface area contributed by atoms with E-state index < -0.39 is 0 Å². The van der Waals surface area contributed by atoms with Gasteiger partial charge in [-0.15, -0.1) is 11.3 Å². The van der Waals surface area contributed by atoms with E-state index in [2.05, 4.69) is 28.7 Å². The standard InChI is InChI=1S/C20H25N3OS/c1-3-22(4-2)13-9-14-23-18(19-12-8-15-24-19)16-25-20(23)21-17-10-6-5-7-11-17/h5-8,10-12,15-16H,3-4,9,13-14H2,1-2H3. The molecule has 3 rings (SSSR count). The van der Waals surface area contributed by atoms with Crippen LogP contribution in [0.15, 0.2) is 63.5 Å². The average molecular weight is 356 g/mol. The van der Waals surface area contributed by atoms with Gasteiger partial charge in [0.25, 0.3) is 0 Å². The van der Waals surface area contributed by atoms with Gasteiger partial charge in [-0.2, -0.15) is 0 Å². The fourth-order valence-electron chi connectivity index (χ4n) is 2.86. The van der Waals surface area contributed by atoms with Crippen LogP contribution in [0.5, 0.6) is 0 Å². The summed E-state index contributed by atoms with van der Waals surface area (Å²) in [5.74, 6) is 0.897. The Hall–Kier alpha value is -2.11. The number of para-hydroxylation sites is 1. The number of aromatic nitrogens is 1. The maximum Gasteiger partial charge on any atom is 0.190 e. The van der Waals surface area contributed by atoms with Crippen LogP contribution in [0.2, 0.25) is 0 Å². The molecule has 25 heavy (non-hydrogen) atoms. The topological polar surface area (TPSA) is 33.7 Å². The highest BCUT2D eigenvalue weighted by atomic mass is 32.1. The fourth-order valence-corrected chi connectivity index (χ4v) is 3.80. The third-order valence-electron chi connectivity index (χ3n) is 4.30. The van der Waals surface area contributed by atoms with Gasteiger partial charge in [0.1, 0.15) is 0 Å². The molecule has 0 saturated heterocycles. The lowest BCUT2D eigenvalue weighted by Crippen LogP contribution is -2.26. The summed E-state index contributed by atoms with van der Waals surface area (Å²) in [4.78, 5) is 8.30. The second-order valence-corrected chi connectivity index (χ2v) is 6.70. The molecule has 2 heterocycles. The molecule has 2 aromatic heterocycles. The Morgan fingerprint density at radius 2 is 1.88 bits per heavy atom. The van der Waals surface area contributed by atoms with Crippen LogP contribution in [-0.4, -0.2) is 29.1 Å². The second kappa shape index (κ2) is 8.83. The van der Waals surface area contributed by atoms with Gasteiger partial charge in [0.15, 0.2) is 10.6 Å². The van der Waals surface area contributed by atoms with Crippen LogP contribution in [-0.2, 0) is 6.54 Å². The lowest BCUT2D eigenvalue weighted by atomic mass is 10.3. The smallest absolute Gasteiger partial charge is 0.190 e. The predicted molar refractivity (Wildman–Crippen MR) is 104 cm³/mol. The van der Waals surface area contributed by atoms with Crippen molar-refractivity contribution in [2.45, 2.75) is 26.8 Å². The summed E-state index contributed by atoms with van der Waals surface area (Å²) in [5, 5.41) is 2.14. The second-order valence-electron chi connectivity index (χ2n) is 5.86. The van der Waals surface area contributed by atoms with Gasteiger partial charge in [-0.3, -0.25) is 0 Å². The number of rotatable bonds is 8. The first kappa shape index (κ1) is 17.7. The first-order valence-corrected chi connectivity index (χ1v) is 9.74. The molecular weight excluding hydrogens is 330 g/mol. The highest BCUT2D eigenvalue weighted by Gasteiger charge is 2.11. The molecule has 4 nitrogen and oxygen atoms in total. The molecule has 0 fully saturated rings. The quantitative estimate of drug-likeness (QED) is 0.583. The van der Waals surface area contributed by atoms with E-state index in [9.17, 15) is 0 Å². The molecule has 0 radical (unpaired) electrons. The number of nitrogens with zero attached hydrogens (tertiary/aromatic N) is 3. The van der Waals surface area contributed by atoms with Gasteiger partial charge in [-0.25, -0.2) is 4.99 Å². The van der Waals surface area contributed by atoms with Crippen molar-refractivity contribution in [3.8, 4) is 11.5 Å². The van der Waals surface area contributed by atoms with Crippen molar-refractivity contribution >= 4 is 17.0 Å². The summed E-state index contributed by atoms with van der Waals surface area (Å²) in [7, 11) is 0. The lowest BCUT2D eigenvalue weighted by Gasteiger charge is -2.18. The zero-order valence-electron chi connectivity index (χ0n) is 14.9. The molecule has 0 N–H and O–H groups in total. The fraction of sp³-hybridized carbons (Fsp3) is 0.350. The van der Waals surface area contributed by atoms with Crippen molar-refractivity contribution in [3.05, 3.63) is 58.9 Å². The Morgan fingerprint density at radius 1 is 1.08 bits per heavy atom. The molecule has 0 saturated carbocycles. The van der Waals surface area contributed by atoms with Gasteiger partial charge in [0.2, 0.25) is 0 Å². The molecule has 0 spiro atoms. The van der Waals surface area contributed by atoms with Crippen molar-refractivity contribution in [2.24, 2.45) is 4.99 Å². The third-order valence-corrected chi connectivity index (χ3v) is 5.17. The summed E-state index contributed by atoms with van der Waals surface area (Å²) < 4.78 is 7.91.